The summed E-state index contributed by atoms with van der Waals surface area (Å²) in [6.07, 6.45) is -0.379. The van der Waals surface area contributed by atoms with Crippen LogP contribution in [-0.2, 0) is 0 Å². The highest BCUT2D eigenvalue weighted by molar-refractivity contribution is 7.80. The van der Waals surface area contributed by atoms with E-state index in [0.29, 0.717) is 10.9 Å². The minimum Gasteiger partial charge on any atom is -0.383 e. The first-order valence-corrected chi connectivity index (χ1v) is 5.82. The third-order valence-electron chi connectivity index (χ3n) is 2.38. The molecule has 3 rings (SSSR count). The molecule has 3 aromatic rings. The van der Waals surface area contributed by atoms with Crippen LogP contribution in [0.2, 0.25) is 0 Å². The molecule has 0 saturated heterocycles. The molecule has 8 nitrogen and oxygen atoms in total. The minimum atomic E-state index is -0.912. The molecule has 1 N–H and O–H groups in total. The van der Waals surface area contributed by atoms with Gasteiger partial charge in [-0.2, -0.15) is 0 Å². The van der Waals surface area contributed by atoms with Gasteiger partial charge in [0.05, 0.1) is 10.9 Å². The number of hydrogen-bond acceptors (Lipinski definition) is 8. The number of nitrogens with one attached hydrogen (secondary N) is 1. The number of aromatic nitrogens is 4. The summed E-state index contributed by atoms with van der Waals surface area (Å²) in [5.74, 6) is -1.17. The lowest BCUT2D eigenvalue weighted by molar-refractivity contribution is 0.0662. The summed E-state index contributed by atoms with van der Waals surface area (Å²) in [4.78, 5) is 29.9. The maximum absolute atomic E-state index is 11.8. The number of thiol groups is 1. The van der Waals surface area contributed by atoms with Gasteiger partial charge in [0.1, 0.15) is 0 Å². The molecule has 20 heavy (non-hydrogen) atoms. The van der Waals surface area contributed by atoms with Gasteiger partial charge in [-0.3, -0.25) is 4.79 Å². The number of esters is 1. The van der Waals surface area contributed by atoms with Gasteiger partial charge >= 0.3 is 12.0 Å². The first kappa shape index (κ1) is 12.4. The van der Waals surface area contributed by atoms with E-state index in [-0.39, 0.29) is 17.1 Å². The van der Waals surface area contributed by atoms with E-state index < -0.39 is 11.5 Å². The van der Waals surface area contributed by atoms with Crippen molar-refractivity contribution in [3.63, 3.8) is 0 Å². The van der Waals surface area contributed by atoms with E-state index in [4.69, 9.17) is 9.15 Å². The van der Waals surface area contributed by atoms with Crippen molar-refractivity contribution in [1.82, 2.24) is 20.2 Å². The second-order valence-electron chi connectivity index (χ2n) is 3.67. The molecule has 1 aromatic carbocycles. The van der Waals surface area contributed by atoms with E-state index in [0.717, 1.165) is 0 Å². The van der Waals surface area contributed by atoms with E-state index >= 15 is 0 Å². The van der Waals surface area contributed by atoms with Gasteiger partial charge in [0.2, 0.25) is 5.82 Å². The topological polar surface area (TPSA) is 111 Å². The molecule has 0 fully saturated rings. The van der Waals surface area contributed by atoms with Crippen LogP contribution in [0.4, 0.5) is 0 Å². The van der Waals surface area contributed by atoms with Crippen LogP contribution in [0.5, 0.6) is 6.08 Å². The Bertz CT molecular complexity index is 857. The average Bonchev–Trinajstić information content (AvgIpc) is 2.84. The lowest BCUT2D eigenvalue weighted by Gasteiger charge is -2.00. The van der Waals surface area contributed by atoms with E-state index in [1.54, 1.807) is 24.3 Å². The maximum Gasteiger partial charge on any atom is 0.423 e. The second kappa shape index (κ2) is 4.78. The maximum atomic E-state index is 11.8. The summed E-state index contributed by atoms with van der Waals surface area (Å²) in [6, 6.07) is 6.61. The molecule has 0 bridgehead atoms. The standard InChI is InChI=1S/C11H6N4O4S/c16-8-5-3-1-2-4-6(5)12-7(13-8)9(17)18-10-14-15-11(20)19-10/h1-4H,(H,15,20)(H,12,13,16). The molecule has 2 aromatic heterocycles. The molecule has 0 radical (unpaired) electrons. The van der Waals surface area contributed by atoms with Crippen LogP contribution in [-0.4, -0.2) is 26.1 Å². The Kier molecular flexibility index (Phi) is 2.95. The monoisotopic (exact) mass is 290 g/mol. The molecule has 0 amide bonds. The van der Waals surface area contributed by atoms with Gasteiger partial charge in [0.15, 0.2) is 0 Å². The molecule has 0 spiro atoms. The molecule has 0 aliphatic heterocycles. The van der Waals surface area contributed by atoms with Crippen molar-refractivity contribution in [1.29, 1.82) is 0 Å². The van der Waals surface area contributed by atoms with Gasteiger partial charge in [-0.25, -0.2) is 9.78 Å². The predicted octanol–water partition coefficient (Wildman–Crippen LogP) is 0.814. The fraction of sp³-hybridized carbons (Fsp3) is 0. The summed E-state index contributed by atoms with van der Waals surface area (Å²) in [6.45, 7) is 0. The number of ether oxygens (including phenoxy) is 1. The lowest BCUT2D eigenvalue weighted by atomic mass is 10.2. The van der Waals surface area contributed by atoms with Gasteiger partial charge in [0, 0.05) is 0 Å². The van der Waals surface area contributed by atoms with Gasteiger partial charge in [-0.15, -0.1) is 0 Å². The quantitative estimate of drug-likeness (QED) is 0.530. The predicted molar refractivity (Wildman–Crippen MR) is 68.9 cm³/mol. The Morgan fingerprint density at radius 2 is 2.10 bits per heavy atom. The molecular formula is C11H6N4O4S. The molecule has 2 heterocycles. The first-order valence-electron chi connectivity index (χ1n) is 5.37. The molecule has 0 aliphatic carbocycles. The zero-order chi connectivity index (χ0) is 14.1. The number of benzene rings is 1. The Labute approximate surface area is 116 Å². The van der Waals surface area contributed by atoms with Crippen molar-refractivity contribution in [3.8, 4) is 6.08 Å². The molecule has 0 saturated carbocycles. The number of H-pyrrole nitrogens is 1. The summed E-state index contributed by atoms with van der Waals surface area (Å²) in [5.41, 5.74) is -0.0634. The van der Waals surface area contributed by atoms with Crippen molar-refractivity contribution < 1.29 is 13.9 Å². The van der Waals surface area contributed by atoms with Crippen LogP contribution >= 0.6 is 12.6 Å². The third kappa shape index (κ3) is 2.26. The summed E-state index contributed by atoms with van der Waals surface area (Å²) in [5, 5.41) is 7.15. The Hall–Kier alpha value is -2.68. The highest BCUT2D eigenvalue weighted by atomic mass is 32.1. The van der Waals surface area contributed by atoms with Crippen LogP contribution in [0.15, 0.2) is 38.7 Å². The lowest BCUT2D eigenvalue weighted by Crippen LogP contribution is -2.19. The zero-order valence-electron chi connectivity index (χ0n) is 9.73. The second-order valence-corrected chi connectivity index (χ2v) is 4.05. The fourth-order valence-electron chi connectivity index (χ4n) is 1.55. The number of aromatic amines is 1. The number of nitrogens with zero attached hydrogens (tertiary/aromatic N) is 3. The number of fused-ring (bicyclic) bond motifs is 1. The first-order chi connectivity index (χ1) is 9.63. The summed E-state index contributed by atoms with van der Waals surface area (Å²) < 4.78 is 9.54. The summed E-state index contributed by atoms with van der Waals surface area (Å²) in [7, 11) is 0. The average molecular weight is 290 g/mol. The zero-order valence-corrected chi connectivity index (χ0v) is 10.6. The van der Waals surface area contributed by atoms with Crippen LogP contribution < -0.4 is 10.3 Å². The summed E-state index contributed by atoms with van der Waals surface area (Å²) >= 11 is 3.77. The molecule has 9 heteroatoms. The number of carbonyl (C=O) groups is 1. The van der Waals surface area contributed by atoms with Crippen LogP contribution in [0, 0.1) is 0 Å². The molecule has 0 unspecified atom stereocenters. The van der Waals surface area contributed by atoms with Crippen molar-refractivity contribution in [3.05, 3.63) is 40.4 Å². The van der Waals surface area contributed by atoms with Crippen LogP contribution in [0.25, 0.3) is 10.9 Å². The Balaban J connectivity index is 1.97. The Morgan fingerprint density at radius 1 is 1.30 bits per heavy atom. The normalized spacial score (nSPS) is 10.7. The van der Waals surface area contributed by atoms with Gasteiger partial charge in [0.25, 0.3) is 10.8 Å². The highest BCUT2D eigenvalue weighted by Crippen LogP contribution is 2.12. The van der Waals surface area contributed by atoms with Crippen molar-refractivity contribution in [2.45, 2.75) is 5.22 Å². The van der Waals surface area contributed by atoms with Gasteiger partial charge in [-0.1, -0.05) is 35.0 Å². The molecule has 0 atom stereocenters. The van der Waals surface area contributed by atoms with E-state index in [9.17, 15) is 9.59 Å². The number of hydrogen-bond donors (Lipinski definition) is 2. The molecule has 0 aliphatic rings. The molecule has 100 valence electrons. The SMILES string of the molecule is O=C(Oc1nnc(S)o1)c1nc2ccccc2c(=O)[nH]1. The highest BCUT2D eigenvalue weighted by Gasteiger charge is 2.17. The fourth-order valence-corrected chi connectivity index (χ4v) is 1.68. The van der Waals surface area contributed by atoms with Crippen LogP contribution in [0.3, 0.4) is 0 Å². The smallest absolute Gasteiger partial charge is 0.383 e. The van der Waals surface area contributed by atoms with E-state index in [2.05, 4.69) is 32.8 Å². The van der Waals surface area contributed by atoms with Gasteiger partial charge in [-0.05, 0) is 12.1 Å². The minimum absolute atomic E-state index is 0.0484. The van der Waals surface area contributed by atoms with Gasteiger partial charge < -0.3 is 14.1 Å². The van der Waals surface area contributed by atoms with E-state index in [1.165, 1.54) is 0 Å². The van der Waals surface area contributed by atoms with Crippen molar-refractivity contribution in [2.75, 3.05) is 0 Å². The van der Waals surface area contributed by atoms with Crippen LogP contribution in [0.1, 0.15) is 10.6 Å². The third-order valence-corrected chi connectivity index (χ3v) is 2.56. The Morgan fingerprint density at radius 3 is 2.85 bits per heavy atom. The number of rotatable bonds is 2. The molecular weight excluding hydrogens is 284 g/mol. The van der Waals surface area contributed by atoms with E-state index in [1.807, 2.05) is 0 Å². The van der Waals surface area contributed by atoms with Crippen molar-refractivity contribution in [2.24, 2.45) is 0 Å². The number of para-hydroxylation sites is 1. The largest absolute Gasteiger partial charge is 0.423 e. The van der Waals surface area contributed by atoms with Crippen molar-refractivity contribution >= 4 is 29.5 Å². The number of carbonyl (C=O) groups excluding carboxylic acids is 1.